The molecule has 8 heteroatoms. The molecule has 0 bridgehead atoms. The lowest BCUT2D eigenvalue weighted by molar-refractivity contribution is 0.0696. The number of carboxylic acids is 1. The van der Waals surface area contributed by atoms with E-state index in [4.69, 9.17) is 5.11 Å². The first-order valence-electron chi connectivity index (χ1n) is 6.22. The van der Waals surface area contributed by atoms with Gasteiger partial charge in [-0.3, -0.25) is 0 Å². The molecule has 1 N–H and O–H groups in total. The summed E-state index contributed by atoms with van der Waals surface area (Å²) in [7, 11) is -2.90. The highest BCUT2D eigenvalue weighted by Gasteiger charge is 2.28. The minimum Gasteiger partial charge on any atom is -0.478 e. The largest absolute Gasteiger partial charge is 0.478 e. The Bertz CT molecular complexity index is 781. The van der Waals surface area contributed by atoms with Crippen LogP contribution in [0.4, 0.5) is 0 Å². The smallest absolute Gasteiger partial charge is 0.337 e. The molecule has 2 aromatic heterocycles. The highest BCUT2D eigenvalue weighted by Crippen LogP contribution is 2.21. The number of nitrogens with zero attached hydrogens (tertiary/aromatic N) is 3. The molecule has 3 heterocycles. The average molecular weight is 295 g/mol. The molecule has 1 unspecified atom stereocenters. The van der Waals surface area contributed by atoms with Crippen LogP contribution in [0, 0.1) is 5.92 Å². The van der Waals surface area contributed by atoms with Gasteiger partial charge in [0.15, 0.2) is 21.3 Å². The second-order valence-corrected chi connectivity index (χ2v) is 7.26. The van der Waals surface area contributed by atoms with E-state index in [0.717, 1.165) is 0 Å². The number of aromatic carboxylic acids is 1. The molecule has 1 atom stereocenters. The van der Waals surface area contributed by atoms with Crippen molar-refractivity contribution < 1.29 is 18.3 Å². The Balaban J connectivity index is 1.84. The van der Waals surface area contributed by atoms with Gasteiger partial charge in [-0.15, -0.1) is 0 Å². The van der Waals surface area contributed by atoms with Crippen molar-refractivity contribution in [3.05, 3.63) is 29.7 Å². The highest BCUT2D eigenvalue weighted by molar-refractivity contribution is 7.91. The zero-order valence-electron chi connectivity index (χ0n) is 10.6. The molecule has 0 spiro atoms. The molecule has 0 amide bonds. The molecule has 1 aliphatic rings. The number of hydrogen-bond acceptors (Lipinski definition) is 5. The van der Waals surface area contributed by atoms with E-state index in [-0.39, 0.29) is 23.0 Å². The maximum absolute atomic E-state index is 11.4. The highest BCUT2D eigenvalue weighted by atomic mass is 32.2. The summed E-state index contributed by atoms with van der Waals surface area (Å²) < 4.78 is 24.2. The first-order valence-corrected chi connectivity index (χ1v) is 8.04. The fourth-order valence-electron chi connectivity index (χ4n) is 2.43. The molecule has 0 aliphatic carbocycles. The second-order valence-electron chi connectivity index (χ2n) is 5.03. The van der Waals surface area contributed by atoms with Gasteiger partial charge in [-0.2, -0.15) is 5.10 Å². The van der Waals surface area contributed by atoms with E-state index in [9.17, 15) is 13.2 Å². The van der Waals surface area contributed by atoms with Gasteiger partial charge in [0.05, 0.1) is 17.1 Å². The molecule has 3 rings (SSSR count). The summed E-state index contributed by atoms with van der Waals surface area (Å²) in [6.45, 7) is 0. The zero-order chi connectivity index (χ0) is 14.3. The van der Waals surface area contributed by atoms with Crippen molar-refractivity contribution in [2.75, 3.05) is 11.5 Å². The number of pyridine rings is 1. The third-order valence-corrected chi connectivity index (χ3v) is 5.26. The summed E-state index contributed by atoms with van der Waals surface area (Å²) in [5, 5.41) is 13.1. The van der Waals surface area contributed by atoms with Crippen LogP contribution >= 0.6 is 0 Å². The number of fused-ring (bicyclic) bond motifs is 1. The van der Waals surface area contributed by atoms with Crippen molar-refractivity contribution in [3.63, 3.8) is 0 Å². The van der Waals surface area contributed by atoms with Gasteiger partial charge in [0.25, 0.3) is 0 Å². The fraction of sp³-hybridized carbons (Fsp3) is 0.417. The standard InChI is InChI=1S/C12H13N3O4S/c16-12(17)9-1-2-11-13-10(14-15(11)6-9)5-8-3-4-20(18,19)7-8/h1-2,6,8H,3-5,7H2,(H,16,17). The van der Waals surface area contributed by atoms with Crippen LogP contribution in [0.2, 0.25) is 0 Å². The molecule has 0 saturated carbocycles. The average Bonchev–Trinajstić information content (AvgIpc) is 2.91. The predicted molar refractivity (Wildman–Crippen MR) is 70.4 cm³/mol. The summed E-state index contributed by atoms with van der Waals surface area (Å²) in [5.41, 5.74) is 0.697. The molecular formula is C12H13N3O4S. The lowest BCUT2D eigenvalue weighted by Crippen LogP contribution is -2.08. The Labute approximate surface area is 115 Å². The molecule has 1 saturated heterocycles. The number of carboxylic acid groups (broad SMARTS) is 1. The number of rotatable bonds is 3. The van der Waals surface area contributed by atoms with Crippen LogP contribution in [0.3, 0.4) is 0 Å². The zero-order valence-corrected chi connectivity index (χ0v) is 11.4. The van der Waals surface area contributed by atoms with Gasteiger partial charge >= 0.3 is 5.97 Å². The van der Waals surface area contributed by atoms with E-state index in [0.29, 0.717) is 24.3 Å². The maximum atomic E-state index is 11.4. The Morgan fingerprint density at radius 1 is 1.45 bits per heavy atom. The molecule has 1 fully saturated rings. The minimum absolute atomic E-state index is 0.0522. The third-order valence-electron chi connectivity index (χ3n) is 3.42. The molecule has 7 nitrogen and oxygen atoms in total. The molecule has 106 valence electrons. The van der Waals surface area contributed by atoms with Crippen molar-refractivity contribution >= 4 is 21.5 Å². The normalized spacial score (nSPS) is 21.3. The van der Waals surface area contributed by atoms with E-state index in [1.807, 2.05) is 0 Å². The van der Waals surface area contributed by atoms with Gasteiger partial charge in [0, 0.05) is 12.6 Å². The Kier molecular flexibility index (Phi) is 2.97. The summed E-state index contributed by atoms with van der Waals surface area (Å²) in [6.07, 6.45) is 2.54. The first kappa shape index (κ1) is 13.0. The van der Waals surface area contributed by atoms with Crippen molar-refractivity contribution in [3.8, 4) is 0 Å². The van der Waals surface area contributed by atoms with E-state index < -0.39 is 15.8 Å². The van der Waals surface area contributed by atoms with Gasteiger partial charge in [-0.1, -0.05) is 0 Å². The SMILES string of the molecule is O=C(O)c1ccc2nc(CC3CCS(=O)(=O)C3)nn2c1. The molecule has 20 heavy (non-hydrogen) atoms. The van der Waals surface area contributed by atoms with Crippen molar-refractivity contribution in [1.29, 1.82) is 0 Å². The van der Waals surface area contributed by atoms with E-state index in [1.54, 1.807) is 6.07 Å². The van der Waals surface area contributed by atoms with E-state index in [1.165, 1.54) is 16.8 Å². The number of sulfone groups is 1. The van der Waals surface area contributed by atoms with Gasteiger partial charge in [-0.05, 0) is 24.5 Å². The third kappa shape index (κ3) is 2.51. The number of carbonyl (C=O) groups is 1. The quantitative estimate of drug-likeness (QED) is 0.879. The molecule has 0 aromatic carbocycles. The van der Waals surface area contributed by atoms with E-state index >= 15 is 0 Å². The molecule has 1 aliphatic heterocycles. The van der Waals surface area contributed by atoms with E-state index in [2.05, 4.69) is 10.1 Å². The maximum Gasteiger partial charge on any atom is 0.337 e. The first-order chi connectivity index (χ1) is 9.43. The molecule has 0 radical (unpaired) electrons. The van der Waals surface area contributed by atoms with Crippen molar-refractivity contribution in [2.45, 2.75) is 12.8 Å². The van der Waals surface area contributed by atoms with Gasteiger partial charge in [0.1, 0.15) is 0 Å². The van der Waals surface area contributed by atoms with Crippen LogP contribution in [0.15, 0.2) is 18.3 Å². The monoisotopic (exact) mass is 295 g/mol. The lowest BCUT2D eigenvalue weighted by atomic mass is 10.1. The van der Waals surface area contributed by atoms with Crippen LogP contribution in [-0.2, 0) is 16.3 Å². The van der Waals surface area contributed by atoms with Gasteiger partial charge in [0.2, 0.25) is 0 Å². The van der Waals surface area contributed by atoms with Gasteiger partial charge < -0.3 is 5.11 Å². The Morgan fingerprint density at radius 3 is 2.90 bits per heavy atom. The van der Waals surface area contributed by atoms with Crippen molar-refractivity contribution in [1.82, 2.24) is 14.6 Å². The summed E-state index contributed by atoms with van der Waals surface area (Å²) >= 11 is 0. The Hall–Kier alpha value is -1.96. The molecule has 2 aromatic rings. The predicted octanol–water partition coefficient (Wildman–Crippen LogP) is 0.405. The lowest BCUT2D eigenvalue weighted by Gasteiger charge is -2.01. The number of aromatic nitrogens is 3. The van der Waals surface area contributed by atoms with Crippen LogP contribution in [0.1, 0.15) is 22.6 Å². The van der Waals surface area contributed by atoms with Crippen molar-refractivity contribution in [2.24, 2.45) is 5.92 Å². The molecular weight excluding hydrogens is 282 g/mol. The van der Waals surface area contributed by atoms with Crippen LogP contribution in [-0.4, -0.2) is 45.6 Å². The summed E-state index contributed by atoms with van der Waals surface area (Å²) in [6, 6.07) is 3.06. The topological polar surface area (TPSA) is 102 Å². The van der Waals surface area contributed by atoms with Gasteiger partial charge in [-0.25, -0.2) is 22.7 Å². The summed E-state index contributed by atoms with van der Waals surface area (Å²) in [5.74, 6) is -0.00578. The Morgan fingerprint density at radius 2 is 2.25 bits per heavy atom. The summed E-state index contributed by atoms with van der Waals surface area (Å²) in [4.78, 5) is 15.2. The van der Waals surface area contributed by atoms with Crippen LogP contribution < -0.4 is 0 Å². The minimum atomic E-state index is -2.90. The number of hydrogen-bond donors (Lipinski definition) is 1. The fourth-order valence-corrected chi connectivity index (χ4v) is 4.30. The second kappa shape index (κ2) is 4.55. The van der Waals surface area contributed by atoms with Crippen LogP contribution in [0.25, 0.3) is 5.65 Å². The van der Waals surface area contributed by atoms with Crippen LogP contribution in [0.5, 0.6) is 0 Å².